The minimum absolute atomic E-state index is 0.144. The first-order valence-corrected chi connectivity index (χ1v) is 9.68. The Bertz CT molecular complexity index is 594. The van der Waals surface area contributed by atoms with Gasteiger partial charge in [-0.15, -0.1) is 0 Å². The molecule has 0 heterocycles. The van der Waals surface area contributed by atoms with Gasteiger partial charge in [0.2, 0.25) is 0 Å². The summed E-state index contributed by atoms with van der Waals surface area (Å²) in [5.41, 5.74) is 3.19. The lowest BCUT2D eigenvalue weighted by Crippen LogP contribution is -2.40. The molecule has 28 heavy (non-hydrogen) atoms. The van der Waals surface area contributed by atoms with Crippen molar-refractivity contribution in [2.45, 2.75) is 60.8 Å². The van der Waals surface area contributed by atoms with Crippen molar-refractivity contribution >= 4 is 12.1 Å². The van der Waals surface area contributed by atoms with Crippen molar-refractivity contribution in [3.63, 3.8) is 0 Å². The molecule has 2 unspecified atom stereocenters. The number of ether oxygens (including phenoxy) is 2. The molecule has 0 saturated heterocycles. The highest BCUT2D eigenvalue weighted by Crippen LogP contribution is 2.51. The molecular formula is C22H36O6. The van der Waals surface area contributed by atoms with Gasteiger partial charge in [0.1, 0.15) is 0 Å². The fraction of sp³-hybridized carbons (Fsp3) is 0.727. The Kier molecular flexibility index (Phi) is 11.0. The smallest absolute Gasteiger partial charge is 0.373 e. The van der Waals surface area contributed by atoms with Crippen LogP contribution in [0.3, 0.4) is 0 Å². The van der Waals surface area contributed by atoms with E-state index in [0.29, 0.717) is 18.4 Å². The molecule has 6 heteroatoms. The SMILES string of the molecule is CCC=C1CC(COC(C)=O)C1(C)C.COC=C1CC(CO)C1(C)C.O=C=O. The summed E-state index contributed by atoms with van der Waals surface area (Å²) in [5.74, 6) is 0.752. The molecule has 6 nitrogen and oxygen atoms in total. The minimum Gasteiger partial charge on any atom is -0.504 e. The number of hydrogen-bond donors (Lipinski definition) is 1. The first kappa shape index (κ1) is 26.1. The van der Waals surface area contributed by atoms with E-state index in [1.54, 1.807) is 13.4 Å². The zero-order valence-corrected chi connectivity index (χ0v) is 18.3. The van der Waals surface area contributed by atoms with E-state index in [4.69, 9.17) is 24.2 Å². The lowest BCUT2D eigenvalue weighted by atomic mass is 9.59. The monoisotopic (exact) mass is 396 g/mol. The number of carbonyl (C=O) groups is 1. The molecule has 2 rings (SSSR count). The average Bonchev–Trinajstić information content (AvgIpc) is 2.61. The van der Waals surface area contributed by atoms with E-state index in [1.807, 2.05) is 0 Å². The Morgan fingerprint density at radius 1 is 1.14 bits per heavy atom. The fourth-order valence-electron chi connectivity index (χ4n) is 3.54. The van der Waals surface area contributed by atoms with Crippen molar-refractivity contribution < 1.29 is 29.0 Å². The zero-order valence-electron chi connectivity index (χ0n) is 18.3. The van der Waals surface area contributed by atoms with Crippen molar-refractivity contribution in [3.8, 4) is 0 Å². The van der Waals surface area contributed by atoms with E-state index in [1.165, 1.54) is 18.1 Å². The number of methoxy groups -OCH3 is 1. The average molecular weight is 397 g/mol. The lowest BCUT2D eigenvalue weighted by Gasteiger charge is -2.47. The van der Waals surface area contributed by atoms with Gasteiger partial charge in [0.05, 0.1) is 20.0 Å². The topological polar surface area (TPSA) is 89.9 Å². The number of hydrogen-bond acceptors (Lipinski definition) is 6. The highest BCUT2D eigenvalue weighted by molar-refractivity contribution is 5.65. The van der Waals surface area contributed by atoms with E-state index in [0.717, 1.165) is 19.3 Å². The van der Waals surface area contributed by atoms with E-state index >= 15 is 0 Å². The van der Waals surface area contributed by atoms with Crippen LogP contribution in [-0.4, -0.2) is 37.6 Å². The Labute approximate surface area is 169 Å². The van der Waals surface area contributed by atoms with Crippen LogP contribution in [0.5, 0.6) is 0 Å². The third kappa shape index (κ3) is 6.92. The number of aliphatic hydroxyl groups excluding tert-OH is 1. The summed E-state index contributed by atoms with van der Waals surface area (Å²) in [6.07, 6.45) is 7.51. The normalized spacial score (nSPS) is 26.3. The van der Waals surface area contributed by atoms with Gasteiger partial charge in [-0.25, -0.2) is 0 Å². The molecule has 2 fully saturated rings. The van der Waals surface area contributed by atoms with Gasteiger partial charge in [0, 0.05) is 19.4 Å². The first-order valence-electron chi connectivity index (χ1n) is 9.68. The van der Waals surface area contributed by atoms with Crippen LogP contribution in [0.4, 0.5) is 0 Å². The molecule has 0 spiro atoms. The standard InChI is InChI=1S/C12H20O2.C9H16O2.CO2/c1-5-6-10-7-11(12(10,3)4)8-14-9(2)13;1-9(2)7(5-10)4-8(9)6-11-3;2-1-3/h6,11H,5,7-8H2,1-4H3;6-7,10H,4-5H2,1-3H3;. The van der Waals surface area contributed by atoms with E-state index in [2.05, 4.69) is 40.7 Å². The molecule has 0 aromatic heterocycles. The summed E-state index contributed by atoms with van der Waals surface area (Å²) in [5, 5.41) is 8.94. The molecule has 2 aliphatic carbocycles. The Morgan fingerprint density at radius 2 is 1.64 bits per heavy atom. The highest BCUT2D eigenvalue weighted by atomic mass is 16.5. The molecular weight excluding hydrogens is 360 g/mol. The molecule has 2 atom stereocenters. The van der Waals surface area contributed by atoms with Crippen molar-refractivity contribution in [1.82, 2.24) is 0 Å². The number of esters is 1. The molecule has 0 bridgehead atoms. The molecule has 0 aromatic carbocycles. The van der Waals surface area contributed by atoms with Gasteiger partial charge in [0.25, 0.3) is 0 Å². The van der Waals surface area contributed by atoms with Crippen LogP contribution in [0.2, 0.25) is 0 Å². The molecule has 2 saturated carbocycles. The van der Waals surface area contributed by atoms with Gasteiger partial charge in [-0.05, 0) is 41.6 Å². The van der Waals surface area contributed by atoms with E-state index in [9.17, 15) is 4.79 Å². The number of allylic oxidation sites excluding steroid dienone is 3. The number of rotatable bonds is 5. The van der Waals surface area contributed by atoms with Crippen molar-refractivity contribution in [2.75, 3.05) is 20.3 Å². The lowest BCUT2D eigenvalue weighted by molar-refractivity contribution is -0.191. The maximum atomic E-state index is 10.7. The van der Waals surface area contributed by atoms with E-state index in [-0.39, 0.29) is 29.6 Å². The van der Waals surface area contributed by atoms with Gasteiger partial charge in [-0.2, -0.15) is 9.59 Å². The Hall–Kier alpha value is -1.91. The fourth-order valence-corrected chi connectivity index (χ4v) is 3.54. The molecule has 0 aliphatic heterocycles. The van der Waals surface area contributed by atoms with Gasteiger partial charge < -0.3 is 14.6 Å². The molecule has 160 valence electrons. The van der Waals surface area contributed by atoms with Crippen molar-refractivity contribution in [2.24, 2.45) is 22.7 Å². The molecule has 1 N–H and O–H groups in total. The Balaban J connectivity index is 0.000000466. The van der Waals surface area contributed by atoms with Crippen LogP contribution in [0.1, 0.15) is 60.8 Å². The minimum atomic E-state index is -0.172. The maximum Gasteiger partial charge on any atom is 0.373 e. The summed E-state index contributed by atoms with van der Waals surface area (Å²) in [7, 11) is 1.66. The molecule has 2 aliphatic rings. The van der Waals surface area contributed by atoms with Gasteiger partial charge in [0.15, 0.2) is 0 Å². The van der Waals surface area contributed by atoms with Crippen molar-refractivity contribution in [3.05, 3.63) is 23.5 Å². The van der Waals surface area contributed by atoms with Crippen LogP contribution < -0.4 is 0 Å². The largest absolute Gasteiger partial charge is 0.504 e. The maximum absolute atomic E-state index is 10.7. The van der Waals surface area contributed by atoms with Crippen molar-refractivity contribution in [1.29, 1.82) is 0 Å². The zero-order chi connectivity index (χ0) is 22.0. The quantitative estimate of drug-likeness (QED) is 0.431. The van der Waals surface area contributed by atoms with Gasteiger partial charge >= 0.3 is 12.1 Å². The molecule has 0 aromatic rings. The van der Waals surface area contributed by atoms with Gasteiger partial charge in [-0.1, -0.05) is 46.3 Å². The number of carbonyl (C=O) groups excluding carboxylic acids is 3. The van der Waals surface area contributed by atoms with E-state index < -0.39 is 0 Å². The van der Waals surface area contributed by atoms with Crippen LogP contribution in [0.25, 0.3) is 0 Å². The third-order valence-corrected chi connectivity index (χ3v) is 6.05. The first-order chi connectivity index (χ1) is 13.0. The molecule has 0 radical (unpaired) electrons. The summed E-state index contributed by atoms with van der Waals surface area (Å²) in [6, 6.07) is 0. The highest BCUT2D eigenvalue weighted by Gasteiger charge is 2.44. The van der Waals surface area contributed by atoms with Crippen LogP contribution in [0, 0.1) is 22.7 Å². The van der Waals surface area contributed by atoms with Crippen LogP contribution >= 0.6 is 0 Å². The summed E-state index contributed by atoms with van der Waals surface area (Å²) in [4.78, 5) is 26.9. The third-order valence-electron chi connectivity index (χ3n) is 6.05. The summed E-state index contributed by atoms with van der Waals surface area (Å²) >= 11 is 0. The summed E-state index contributed by atoms with van der Waals surface area (Å²) < 4.78 is 9.97. The van der Waals surface area contributed by atoms with Gasteiger partial charge in [-0.3, -0.25) is 4.79 Å². The summed E-state index contributed by atoms with van der Waals surface area (Å²) in [6.45, 7) is 13.2. The predicted molar refractivity (Wildman–Crippen MR) is 106 cm³/mol. The predicted octanol–water partition coefficient (Wildman–Crippen LogP) is 3.90. The van der Waals surface area contributed by atoms with Crippen LogP contribution in [-0.2, 0) is 23.9 Å². The molecule has 0 amide bonds. The second-order valence-electron chi connectivity index (χ2n) is 8.33. The second kappa shape index (κ2) is 11.8. The second-order valence-corrected chi connectivity index (χ2v) is 8.33. The van der Waals surface area contributed by atoms with Crippen LogP contribution in [0.15, 0.2) is 23.5 Å². The number of aliphatic hydroxyl groups is 1. The Morgan fingerprint density at radius 3 is 2.00 bits per heavy atom.